The Labute approximate surface area is 382 Å². The first-order valence-electron chi connectivity index (χ1n) is 23.7. The van der Waals surface area contributed by atoms with Crippen LogP contribution in [-0.2, 0) is 25.7 Å². The number of aryl methyl sites for hydroxylation is 2. The number of allylic oxidation sites excluding steroid dienone is 4. The third kappa shape index (κ3) is 6.01. The molecule has 8 aromatic rings. The summed E-state index contributed by atoms with van der Waals surface area (Å²) in [5.74, 6) is 1.69. The number of aromatic nitrogens is 3. The van der Waals surface area contributed by atoms with E-state index in [1.807, 2.05) is 0 Å². The van der Waals surface area contributed by atoms with Crippen LogP contribution in [0.1, 0.15) is 89.4 Å². The molecule has 0 N–H and O–H groups in total. The molecule has 0 spiro atoms. The summed E-state index contributed by atoms with van der Waals surface area (Å²) < 4.78 is 7.76. The quantitative estimate of drug-likeness (QED) is 0.170. The molecule has 4 aliphatic carbocycles. The Morgan fingerprint density at radius 1 is 0.446 bits per heavy atom. The summed E-state index contributed by atoms with van der Waals surface area (Å²) in [5.41, 5.74) is 23.1. The number of rotatable bonds is 5. The molecule has 4 atom stereocenters. The fourth-order valence-corrected chi connectivity index (χ4v) is 11.8. The van der Waals surface area contributed by atoms with Gasteiger partial charge in [-0.1, -0.05) is 136 Å². The Morgan fingerprint density at radius 3 is 1.14 bits per heavy atom. The van der Waals surface area contributed by atoms with Gasteiger partial charge in [-0.2, -0.15) is 5.26 Å². The number of fused-ring (bicyclic) bond motifs is 9. The summed E-state index contributed by atoms with van der Waals surface area (Å²) in [7, 11) is 0. The van der Waals surface area contributed by atoms with E-state index < -0.39 is 0 Å². The molecule has 65 heavy (non-hydrogen) atoms. The molecule has 4 unspecified atom stereocenters. The van der Waals surface area contributed by atoms with Crippen LogP contribution in [0.15, 0.2) is 121 Å². The third-order valence-corrected chi connectivity index (χ3v) is 14.8. The second-order valence-corrected chi connectivity index (χ2v) is 19.7. The lowest BCUT2D eigenvalue weighted by atomic mass is 9.87. The molecule has 0 aliphatic heterocycles. The Balaban J connectivity index is 1.42. The van der Waals surface area contributed by atoms with Gasteiger partial charge < -0.3 is 13.7 Å². The molecule has 12 rings (SSSR count). The Bertz CT molecular complexity index is 3150. The van der Waals surface area contributed by atoms with Gasteiger partial charge in [0, 0.05) is 44.7 Å². The van der Waals surface area contributed by atoms with Crippen LogP contribution in [-0.4, -0.2) is 13.7 Å². The highest BCUT2D eigenvalue weighted by Crippen LogP contribution is 2.53. The minimum absolute atomic E-state index is 0.424. The number of nitrogens with zero attached hydrogens (tertiary/aromatic N) is 4. The average molecular weight is 843 g/mol. The zero-order valence-corrected chi connectivity index (χ0v) is 38.3. The van der Waals surface area contributed by atoms with Crippen molar-refractivity contribution in [3.8, 4) is 45.4 Å². The highest BCUT2D eigenvalue weighted by molar-refractivity contribution is 6.12. The largest absolute Gasteiger partial charge is 0.307 e. The minimum atomic E-state index is 0.424. The molecule has 0 amide bonds. The molecular weight excluding hydrogens is 789 g/mol. The third-order valence-electron chi connectivity index (χ3n) is 14.8. The van der Waals surface area contributed by atoms with Crippen molar-refractivity contribution in [2.75, 3.05) is 0 Å². The molecule has 0 fully saturated rings. The van der Waals surface area contributed by atoms with Gasteiger partial charge in [0.25, 0.3) is 0 Å². The fourth-order valence-electron chi connectivity index (χ4n) is 11.8. The van der Waals surface area contributed by atoms with Gasteiger partial charge in [0.1, 0.15) is 6.07 Å². The maximum atomic E-state index is 12.2. The standard InChI is InChI=1S/C61H54N4/c1-36-17-23-51-44(29-36)45-30-37(2)18-24-52(45)63(51)59-57(42-13-9-7-10-14-42)50(35-62)58(43-15-11-8-12-16-43)60(64-53-25-19-38(3)31-46(53)47-32-39(4)20-26-54(47)64)61(59)65-55-27-21-40(5)33-48(55)49-34-41(6)22-28-56(49)65/h7-28,33-34,36-39H,29-32H2,1-6H3. The number of hydrogen-bond donors (Lipinski definition) is 0. The molecule has 3 aromatic heterocycles. The number of nitriles is 1. The molecule has 0 bridgehead atoms. The first kappa shape index (κ1) is 39.5. The molecule has 0 radical (unpaired) electrons. The summed E-state index contributed by atoms with van der Waals surface area (Å²) in [4.78, 5) is 0. The van der Waals surface area contributed by atoms with Crippen molar-refractivity contribution in [2.45, 2.75) is 67.2 Å². The first-order valence-corrected chi connectivity index (χ1v) is 23.7. The zero-order valence-electron chi connectivity index (χ0n) is 38.3. The van der Waals surface area contributed by atoms with Crippen LogP contribution < -0.4 is 0 Å². The van der Waals surface area contributed by atoms with E-state index in [9.17, 15) is 5.26 Å². The van der Waals surface area contributed by atoms with Crippen LogP contribution in [0.5, 0.6) is 0 Å². The van der Waals surface area contributed by atoms with Gasteiger partial charge in [-0.25, -0.2) is 0 Å². The highest BCUT2D eigenvalue weighted by atomic mass is 15.1. The van der Waals surface area contributed by atoms with E-state index >= 15 is 0 Å². The lowest BCUT2D eigenvalue weighted by Crippen LogP contribution is -2.18. The van der Waals surface area contributed by atoms with E-state index in [1.165, 1.54) is 66.9 Å². The maximum Gasteiger partial charge on any atom is 0.101 e. The maximum absolute atomic E-state index is 12.2. The Hall–Kier alpha value is -7.09. The van der Waals surface area contributed by atoms with Crippen molar-refractivity contribution >= 4 is 46.1 Å². The number of benzene rings is 5. The summed E-state index contributed by atoms with van der Waals surface area (Å²) in [5, 5.41) is 14.6. The monoisotopic (exact) mass is 842 g/mol. The van der Waals surface area contributed by atoms with Crippen LogP contribution in [0.25, 0.3) is 85.4 Å². The lowest BCUT2D eigenvalue weighted by molar-refractivity contribution is 0.681. The van der Waals surface area contributed by atoms with E-state index in [0.29, 0.717) is 29.2 Å². The second kappa shape index (κ2) is 15.0. The SMILES string of the molecule is Cc1ccc2c(c1)c1cc(C)ccc1n2-c1c(-n2c3c(c4c2C=CC(C)C4)CC(C)C=C3)c(-c2ccccc2)c(C#N)c(-c2ccccc2)c1-n1c2c(c3c1C=CC(C)C3)CC(C)C=C2. The topological polar surface area (TPSA) is 38.6 Å². The highest BCUT2D eigenvalue weighted by Gasteiger charge is 2.38. The normalized spacial score (nSPS) is 19.3. The van der Waals surface area contributed by atoms with E-state index in [4.69, 9.17) is 0 Å². The van der Waals surface area contributed by atoms with Crippen LogP contribution >= 0.6 is 0 Å². The molecule has 4 nitrogen and oxygen atoms in total. The molecule has 3 heterocycles. The van der Waals surface area contributed by atoms with Crippen molar-refractivity contribution in [1.82, 2.24) is 13.7 Å². The van der Waals surface area contributed by atoms with Crippen molar-refractivity contribution in [1.29, 1.82) is 5.26 Å². The van der Waals surface area contributed by atoms with Gasteiger partial charge in [-0.3, -0.25) is 0 Å². The van der Waals surface area contributed by atoms with E-state index in [2.05, 4.69) is 207 Å². The van der Waals surface area contributed by atoms with Crippen molar-refractivity contribution < 1.29 is 0 Å². The lowest BCUT2D eigenvalue weighted by Gasteiger charge is -2.31. The van der Waals surface area contributed by atoms with Gasteiger partial charge in [0.2, 0.25) is 0 Å². The summed E-state index contributed by atoms with van der Waals surface area (Å²) in [6, 6.07) is 38.5. The summed E-state index contributed by atoms with van der Waals surface area (Å²) in [6.45, 7) is 13.8. The van der Waals surface area contributed by atoms with E-state index in [0.717, 1.165) is 76.0 Å². The van der Waals surface area contributed by atoms with Crippen LogP contribution in [0.2, 0.25) is 0 Å². The Morgan fingerprint density at radius 2 is 0.800 bits per heavy atom. The fraction of sp³-hybridized carbons (Fsp3) is 0.230. The molecule has 318 valence electrons. The van der Waals surface area contributed by atoms with Crippen LogP contribution in [0.3, 0.4) is 0 Å². The van der Waals surface area contributed by atoms with Crippen LogP contribution in [0.4, 0.5) is 0 Å². The predicted molar refractivity (Wildman–Crippen MR) is 272 cm³/mol. The van der Waals surface area contributed by atoms with Gasteiger partial charge >= 0.3 is 0 Å². The summed E-state index contributed by atoms with van der Waals surface area (Å²) >= 11 is 0. The molecule has 0 saturated carbocycles. The molecule has 5 aromatic carbocycles. The number of hydrogen-bond acceptors (Lipinski definition) is 1. The van der Waals surface area contributed by atoms with Gasteiger partial charge in [-0.15, -0.1) is 0 Å². The smallest absolute Gasteiger partial charge is 0.101 e. The van der Waals surface area contributed by atoms with E-state index in [-0.39, 0.29) is 0 Å². The van der Waals surface area contributed by atoms with E-state index in [1.54, 1.807) is 0 Å². The Kier molecular flexibility index (Phi) is 9.11. The zero-order chi connectivity index (χ0) is 44.2. The first-order chi connectivity index (χ1) is 31.7. The van der Waals surface area contributed by atoms with Gasteiger partial charge in [-0.05, 0) is 145 Å². The predicted octanol–water partition coefficient (Wildman–Crippen LogP) is 15.0. The average Bonchev–Trinajstić information content (AvgIpc) is 3.92. The van der Waals surface area contributed by atoms with Crippen molar-refractivity contribution in [3.05, 3.63) is 183 Å². The molecule has 4 aliphatic rings. The molecular formula is C61H54N4. The van der Waals surface area contributed by atoms with Gasteiger partial charge in [0.05, 0.1) is 33.7 Å². The summed E-state index contributed by atoms with van der Waals surface area (Å²) in [6.07, 6.45) is 23.1. The van der Waals surface area contributed by atoms with Gasteiger partial charge in [0.15, 0.2) is 0 Å². The molecule has 0 saturated heterocycles. The van der Waals surface area contributed by atoms with Crippen LogP contribution in [0, 0.1) is 48.9 Å². The second-order valence-electron chi connectivity index (χ2n) is 19.7. The van der Waals surface area contributed by atoms with Crippen molar-refractivity contribution in [3.63, 3.8) is 0 Å². The van der Waals surface area contributed by atoms with Crippen molar-refractivity contribution in [2.24, 2.45) is 23.7 Å². The minimum Gasteiger partial charge on any atom is -0.307 e. The molecule has 4 heteroatoms.